The van der Waals surface area contributed by atoms with E-state index >= 15 is 0 Å². The molecule has 0 bridgehead atoms. The topological polar surface area (TPSA) is 28.2 Å². The zero-order valence-corrected chi connectivity index (χ0v) is 12.6. The van der Waals surface area contributed by atoms with E-state index in [1.165, 1.54) is 11.1 Å². The van der Waals surface area contributed by atoms with Gasteiger partial charge in [-0.05, 0) is 44.5 Å². The molecule has 2 heterocycles. The van der Waals surface area contributed by atoms with Gasteiger partial charge in [0.15, 0.2) is 0 Å². The maximum Gasteiger partial charge on any atom is 0.0703 e. The minimum atomic E-state index is 0.205. The summed E-state index contributed by atoms with van der Waals surface area (Å²) in [7, 11) is 0. The smallest absolute Gasteiger partial charge is 0.0703 e. The third-order valence-corrected chi connectivity index (χ3v) is 4.57. The normalized spacial score (nSPS) is 26.9. The quantitative estimate of drug-likeness (QED) is 0.907. The highest BCUT2D eigenvalue weighted by Gasteiger charge is 2.32. The van der Waals surface area contributed by atoms with E-state index in [4.69, 9.17) is 0 Å². The fourth-order valence-corrected chi connectivity index (χ4v) is 2.92. The molecule has 1 N–H and O–H groups in total. The highest BCUT2D eigenvalue weighted by molar-refractivity contribution is 5.82. The molecule has 3 nitrogen and oxygen atoms in total. The number of hydrogen-bond acceptors (Lipinski definition) is 3. The van der Waals surface area contributed by atoms with Gasteiger partial charge in [0.25, 0.3) is 0 Å². The van der Waals surface area contributed by atoms with E-state index in [0.717, 1.165) is 25.0 Å². The Hall–Kier alpha value is -1.61. The average molecular weight is 269 g/mol. The number of fused-ring (bicyclic) bond motifs is 1. The molecule has 1 aromatic heterocycles. The number of aromatic nitrogens is 1. The Morgan fingerprint density at radius 3 is 3.05 bits per heavy atom. The lowest BCUT2D eigenvalue weighted by Crippen LogP contribution is -2.62. The summed E-state index contributed by atoms with van der Waals surface area (Å²) in [4.78, 5) is 6.92. The summed E-state index contributed by atoms with van der Waals surface area (Å²) in [5.41, 5.74) is 2.58. The van der Waals surface area contributed by atoms with Gasteiger partial charge < -0.3 is 10.2 Å². The van der Waals surface area contributed by atoms with E-state index in [9.17, 15) is 0 Å². The Kier molecular flexibility index (Phi) is 3.38. The van der Waals surface area contributed by atoms with Gasteiger partial charge in [-0.1, -0.05) is 13.0 Å². The molecule has 3 heteroatoms. The number of anilines is 1. The van der Waals surface area contributed by atoms with Crippen molar-refractivity contribution >= 4 is 16.6 Å². The minimum absolute atomic E-state index is 0.205. The van der Waals surface area contributed by atoms with Crippen molar-refractivity contribution < 1.29 is 0 Å². The van der Waals surface area contributed by atoms with Gasteiger partial charge in [0.1, 0.15) is 0 Å². The maximum atomic E-state index is 4.40. The third kappa shape index (κ3) is 2.38. The molecule has 2 aromatic rings. The van der Waals surface area contributed by atoms with E-state index in [1.807, 2.05) is 12.3 Å². The van der Waals surface area contributed by atoms with Crippen LogP contribution in [-0.4, -0.2) is 29.7 Å². The molecule has 1 aromatic carbocycles. The zero-order valence-electron chi connectivity index (χ0n) is 12.6. The largest absolute Gasteiger partial charge is 0.366 e. The van der Waals surface area contributed by atoms with Crippen molar-refractivity contribution in [2.45, 2.75) is 38.8 Å². The monoisotopic (exact) mass is 269 g/mol. The summed E-state index contributed by atoms with van der Waals surface area (Å²) < 4.78 is 0. The summed E-state index contributed by atoms with van der Waals surface area (Å²) in [5, 5.41) is 4.89. The van der Waals surface area contributed by atoms with E-state index in [-0.39, 0.29) is 5.54 Å². The van der Waals surface area contributed by atoms with Gasteiger partial charge in [-0.15, -0.1) is 0 Å². The lowest BCUT2D eigenvalue weighted by atomic mass is 9.93. The Labute approximate surface area is 121 Å². The molecule has 0 radical (unpaired) electrons. The Balaban J connectivity index is 1.96. The molecular formula is C17H23N3. The SMILES string of the molecule is CCC1(C)CN(c2ccc3ncccc3c2)C(C)CN1. The van der Waals surface area contributed by atoms with Crippen molar-refractivity contribution in [3.05, 3.63) is 36.5 Å². The predicted octanol–water partition coefficient (Wildman–Crippen LogP) is 3.20. The van der Waals surface area contributed by atoms with Crippen LogP contribution < -0.4 is 10.2 Å². The second-order valence-electron chi connectivity index (χ2n) is 6.15. The van der Waals surface area contributed by atoms with Crippen molar-refractivity contribution in [3.63, 3.8) is 0 Å². The predicted molar refractivity (Wildman–Crippen MR) is 85.2 cm³/mol. The first kappa shape index (κ1) is 13.4. The van der Waals surface area contributed by atoms with Gasteiger partial charge in [-0.3, -0.25) is 4.98 Å². The molecule has 0 aliphatic carbocycles. The number of nitrogens with zero attached hydrogens (tertiary/aromatic N) is 2. The zero-order chi connectivity index (χ0) is 14.2. The van der Waals surface area contributed by atoms with Crippen molar-refractivity contribution in [1.82, 2.24) is 10.3 Å². The standard InChI is InChI=1S/C17H23N3/c1-4-17(3)12-20(13(2)11-19-17)15-7-8-16-14(10-15)6-5-9-18-16/h5-10,13,19H,4,11-12H2,1-3H3. The van der Waals surface area contributed by atoms with Crippen LogP contribution in [0.15, 0.2) is 36.5 Å². The lowest BCUT2D eigenvalue weighted by molar-refractivity contribution is 0.286. The van der Waals surface area contributed by atoms with Crippen LogP contribution >= 0.6 is 0 Å². The summed E-state index contributed by atoms with van der Waals surface area (Å²) in [6.45, 7) is 8.95. The van der Waals surface area contributed by atoms with Crippen LogP contribution in [0.3, 0.4) is 0 Å². The van der Waals surface area contributed by atoms with Crippen LogP contribution in [0.4, 0.5) is 5.69 Å². The number of hydrogen-bond donors (Lipinski definition) is 1. The Morgan fingerprint density at radius 1 is 1.40 bits per heavy atom. The van der Waals surface area contributed by atoms with Crippen LogP contribution in [-0.2, 0) is 0 Å². The highest BCUT2D eigenvalue weighted by Crippen LogP contribution is 2.27. The first-order valence-corrected chi connectivity index (χ1v) is 7.48. The Morgan fingerprint density at radius 2 is 2.25 bits per heavy atom. The molecule has 0 amide bonds. The lowest BCUT2D eigenvalue weighted by Gasteiger charge is -2.46. The average Bonchev–Trinajstić information content (AvgIpc) is 2.49. The second-order valence-corrected chi connectivity index (χ2v) is 6.15. The van der Waals surface area contributed by atoms with Gasteiger partial charge in [-0.2, -0.15) is 0 Å². The van der Waals surface area contributed by atoms with Crippen molar-refractivity contribution in [2.24, 2.45) is 0 Å². The molecule has 2 atom stereocenters. The second kappa shape index (κ2) is 5.06. The molecule has 0 saturated carbocycles. The molecule has 1 saturated heterocycles. The van der Waals surface area contributed by atoms with Crippen LogP contribution in [0.1, 0.15) is 27.2 Å². The molecule has 2 unspecified atom stereocenters. The van der Waals surface area contributed by atoms with Gasteiger partial charge in [-0.25, -0.2) is 0 Å². The van der Waals surface area contributed by atoms with Crippen molar-refractivity contribution in [3.8, 4) is 0 Å². The van der Waals surface area contributed by atoms with Crippen LogP contribution in [0.2, 0.25) is 0 Å². The van der Waals surface area contributed by atoms with E-state index in [2.05, 4.69) is 60.2 Å². The van der Waals surface area contributed by atoms with E-state index < -0.39 is 0 Å². The molecule has 1 aliphatic rings. The molecule has 106 valence electrons. The summed E-state index contributed by atoms with van der Waals surface area (Å²) in [6, 6.07) is 11.3. The third-order valence-electron chi connectivity index (χ3n) is 4.57. The molecule has 20 heavy (non-hydrogen) atoms. The number of benzene rings is 1. The van der Waals surface area contributed by atoms with Crippen LogP contribution in [0.25, 0.3) is 10.9 Å². The van der Waals surface area contributed by atoms with Gasteiger partial charge in [0.2, 0.25) is 0 Å². The first-order valence-electron chi connectivity index (χ1n) is 7.48. The summed E-state index contributed by atoms with van der Waals surface area (Å²) in [6.07, 6.45) is 2.99. The van der Waals surface area contributed by atoms with E-state index in [0.29, 0.717) is 6.04 Å². The van der Waals surface area contributed by atoms with Crippen LogP contribution in [0.5, 0.6) is 0 Å². The summed E-state index contributed by atoms with van der Waals surface area (Å²) >= 11 is 0. The van der Waals surface area contributed by atoms with Gasteiger partial charge in [0.05, 0.1) is 5.52 Å². The fraction of sp³-hybridized carbons (Fsp3) is 0.471. The minimum Gasteiger partial charge on any atom is -0.366 e. The molecule has 0 spiro atoms. The number of pyridine rings is 1. The van der Waals surface area contributed by atoms with Crippen molar-refractivity contribution in [2.75, 3.05) is 18.0 Å². The van der Waals surface area contributed by atoms with Gasteiger partial charge in [0, 0.05) is 41.9 Å². The van der Waals surface area contributed by atoms with Crippen LogP contribution in [0, 0.1) is 0 Å². The molecule has 3 rings (SSSR count). The first-order chi connectivity index (χ1) is 9.61. The fourth-order valence-electron chi connectivity index (χ4n) is 2.92. The van der Waals surface area contributed by atoms with Gasteiger partial charge >= 0.3 is 0 Å². The van der Waals surface area contributed by atoms with E-state index in [1.54, 1.807) is 0 Å². The highest BCUT2D eigenvalue weighted by atomic mass is 15.2. The number of piperazine rings is 1. The molecule has 1 aliphatic heterocycles. The maximum absolute atomic E-state index is 4.40. The number of rotatable bonds is 2. The molecular weight excluding hydrogens is 246 g/mol. The Bertz CT molecular complexity index is 610. The number of nitrogens with one attached hydrogen (secondary N) is 1. The summed E-state index contributed by atoms with van der Waals surface area (Å²) in [5.74, 6) is 0. The molecule has 1 fully saturated rings. The van der Waals surface area contributed by atoms with Crippen molar-refractivity contribution in [1.29, 1.82) is 0 Å².